The average molecular weight is 151 g/mol. The summed E-state index contributed by atoms with van der Waals surface area (Å²) in [6.45, 7) is 0. The Labute approximate surface area is 58.0 Å². The standard InChI is InChI=1S/C6H11F2NO/c7-6(8)2-1-4(9)5(10)3-6/h4-5,10H,1-3,9H2/t4-,5-/m0/s1. The van der Waals surface area contributed by atoms with Crippen molar-refractivity contribution in [3.8, 4) is 0 Å². The molecule has 0 radical (unpaired) electrons. The van der Waals surface area contributed by atoms with E-state index in [-0.39, 0.29) is 12.8 Å². The van der Waals surface area contributed by atoms with Crippen LogP contribution in [0.4, 0.5) is 8.78 Å². The molecule has 3 N–H and O–H groups in total. The average Bonchev–Trinajstić information content (AvgIpc) is 1.79. The van der Waals surface area contributed by atoms with Crippen molar-refractivity contribution in [2.45, 2.75) is 37.3 Å². The van der Waals surface area contributed by atoms with Gasteiger partial charge < -0.3 is 10.8 Å². The molecule has 0 unspecified atom stereocenters. The summed E-state index contributed by atoms with van der Waals surface area (Å²) < 4.78 is 24.8. The first-order valence-corrected chi connectivity index (χ1v) is 3.33. The molecule has 0 aliphatic heterocycles. The van der Waals surface area contributed by atoms with Crippen LogP contribution >= 0.6 is 0 Å². The molecule has 0 heterocycles. The van der Waals surface area contributed by atoms with Crippen molar-refractivity contribution in [2.24, 2.45) is 5.73 Å². The van der Waals surface area contributed by atoms with Gasteiger partial charge >= 0.3 is 0 Å². The fourth-order valence-corrected chi connectivity index (χ4v) is 1.13. The molecule has 4 heteroatoms. The summed E-state index contributed by atoms with van der Waals surface area (Å²) in [4.78, 5) is 0. The molecule has 0 aromatic heterocycles. The maximum atomic E-state index is 12.4. The van der Waals surface area contributed by atoms with Crippen LogP contribution in [0.15, 0.2) is 0 Å². The van der Waals surface area contributed by atoms with E-state index < -0.39 is 24.5 Å². The molecule has 2 atom stereocenters. The van der Waals surface area contributed by atoms with Gasteiger partial charge in [-0.1, -0.05) is 0 Å². The Hall–Kier alpha value is -0.220. The summed E-state index contributed by atoms with van der Waals surface area (Å²) in [5.74, 6) is -2.70. The zero-order valence-electron chi connectivity index (χ0n) is 5.56. The predicted molar refractivity (Wildman–Crippen MR) is 32.8 cm³/mol. The Morgan fingerprint density at radius 2 is 2.10 bits per heavy atom. The second-order valence-electron chi connectivity index (χ2n) is 2.83. The summed E-state index contributed by atoms with van der Waals surface area (Å²) >= 11 is 0. The van der Waals surface area contributed by atoms with Crippen molar-refractivity contribution in [1.29, 1.82) is 0 Å². The van der Waals surface area contributed by atoms with E-state index in [0.717, 1.165) is 0 Å². The number of rotatable bonds is 0. The summed E-state index contributed by atoms with van der Waals surface area (Å²) in [5, 5.41) is 8.91. The number of nitrogens with two attached hydrogens (primary N) is 1. The smallest absolute Gasteiger partial charge is 0.250 e. The molecule has 1 saturated carbocycles. The van der Waals surface area contributed by atoms with Crippen LogP contribution in [-0.4, -0.2) is 23.2 Å². The Balaban J connectivity index is 2.49. The summed E-state index contributed by atoms with van der Waals surface area (Å²) in [6.07, 6.45) is -1.48. The minimum absolute atomic E-state index is 0.189. The van der Waals surface area contributed by atoms with Gasteiger partial charge in [-0.2, -0.15) is 0 Å². The van der Waals surface area contributed by atoms with Crippen LogP contribution in [0.2, 0.25) is 0 Å². The topological polar surface area (TPSA) is 46.2 Å². The number of aliphatic hydroxyl groups excluding tert-OH is 1. The quantitative estimate of drug-likeness (QED) is 0.529. The maximum absolute atomic E-state index is 12.4. The third-order valence-corrected chi connectivity index (χ3v) is 1.85. The van der Waals surface area contributed by atoms with Gasteiger partial charge in [-0.15, -0.1) is 0 Å². The van der Waals surface area contributed by atoms with E-state index in [2.05, 4.69) is 0 Å². The predicted octanol–water partition coefficient (Wildman–Crippen LogP) is 0.494. The third kappa shape index (κ3) is 1.64. The van der Waals surface area contributed by atoms with Crippen LogP contribution in [0.3, 0.4) is 0 Å². The number of hydrogen-bond acceptors (Lipinski definition) is 2. The molecule has 2 nitrogen and oxygen atoms in total. The van der Waals surface area contributed by atoms with E-state index >= 15 is 0 Å². The highest BCUT2D eigenvalue weighted by Crippen LogP contribution is 2.32. The van der Waals surface area contributed by atoms with E-state index in [4.69, 9.17) is 10.8 Å². The van der Waals surface area contributed by atoms with E-state index in [1.807, 2.05) is 0 Å². The van der Waals surface area contributed by atoms with Crippen LogP contribution < -0.4 is 5.73 Å². The van der Waals surface area contributed by atoms with Crippen molar-refractivity contribution < 1.29 is 13.9 Å². The van der Waals surface area contributed by atoms with E-state index in [1.54, 1.807) is 0 Å². The lowest BCUT2D eigenvalue weighted by molar-refractivity contribution is -0.0825. The molecule has 0 bridgehead atoms. The molecule has 1 fully saturated rings. The zero-order valence-corrected chi connectivity index (χ0v) is 5.56. The Morgan fingerprint density at radius 3 is 2.50 bits per heavy atom. The molecular formula is C6H11F2NO. The van der Waals surface area contributed by atoms with Crippen LogP contribution in [0.1, 0.15) is 19.3 Å². The van der Waals surface area contributed by atoms with Crippen LogP contribution in [0.5, 0.6) is 0 Å². The van der Waals surface area contributed by atoms with Crippen molar-refractivity contribution in [1.82, 2.24) is 0 Å². The van der Waals surface area contributed by atoms with Crippen molar-refractivity contribution in [3.63, 3.8) is 0 Å². The van der Waals surface area contributed by atoms with Gasteiger partial charge in [0.1, 0.15) is 0 Å². The maximum Gasteiger partial charge on any atom is 0.250 e. The molecule has 0 spiro atoms. The van der Waals surface area contributed by atoms with Gasteiger partial charge in [-0.3, -0.25) is 0 Å². The molecule has 0 aromatic rings. The van der Waals surface area contributed by atoms with Crippen LogP contribution in [-0.2, 0) is 0 Å². The molecule has 1 aliphatic carbocycles. The molecule has 1 rings (SSSR count). The second-order valence-corrected chi connectivity index (χ2v) is 2.83. The van der Waals surface area contributed by atoms with Crippen molar-refractivity contribution in [2.75, 3.05) is 0 Å². The van der Waals surface area contributed by atoms with Gasteiger partial charge in [0.15, 0.2) is 0 Å². The second kappa shape index (κ2) is 2.43. The summed E-state index contributed by atoms with van der Waals surface area (Å²) in [6, 6.07) is -0.459. The highest BCUT2D eigenvalue weighted by molar-refractivity contribution is 4.86. The minimum Gasteiger partial charge on any atom is -0.391 e. The third-order valence-electron chi connectivity index (χ3n) is 1.85. The number of aliphatic hydroxyl groups is 1. The number of hydrogen-bond donors (Lipinski definition) is 2. The number of alkyl halides is 2. The first kappa shape index (κ1) is 7.88. The molecule has 0 amide bonds. The molecule has 60 valence electrons. The van der Waals surface area contributed by atoms with Crippen molar-refractivity contribution in [3.05, 3.63) is 0 Å². The Kier molecular flexibility index (Phi) is 1.92. The van der Waals surface area contributed by atoms with Gasteiger partial charge in [0.25, 0.3) is 5.92 Å². The Bertz CT molecular complexity index is 129. The largest absolute Gasteiger partial charge is 0.391 e. The lowest BCUT2D eigenvalue weighted by Gasteiger charge is -2.30. The first-order chi connectivity index (χ1) is 4.51. The highest BCUT2D eigenvalue weighted by atomic mass is 19.3. The monoisotopic (exact) mass is 151 g/mol. The SMILES string of the molecule is N[C@H]1CCC(F)(F)C[C@@H]1O. The fraction of sp³-hybridized carbons (Fsp3) is 1.00. The van der Waals surface area contributed by atoms with Gasteiger partial charge in [0, 0.05) is 18.9 Å². The zero-order chi connectivity index (χ0) is 7.78. The fourth-order valence-electron chi connectivity index (χ4n) is 1.13. The Morgan fingerprint density at radius 1 is 1.50 bits per heavy atom. The highest BCUT2D eigenvalue weighted by Gasteiger charge is 2.39. The van der Waals surface area contributed by atoms with Crippen LogP contribution in [0, 0.1) is 0 Å². The van der Waals surface area contributed by atoms with Crippen LogP contribution in [0.25, 0.3) is 0 Å². The molecule has 10 heavy (non-hydrogen) atoms. The normalized spacial score (nSPS) is 39.6. The lowest BCUT2D eigenvalue weighted by atomic mass is 9.90. The van der Waals surface area contributed by atoms with E-state index in [1.165, 1.54) is 0 Å². The van der Waals surface area contributed by atoms with Gasteiger partial charge in [0.05, 0.1) is 6.10 Å². The van der Waals surface area contributed by atoms with Gasteiger partial charge in [-0.25, -0.2) is 8.78 Å². The molecular weight excluding hydrogens is 140 g/mol. The molecule has 1 aliphatic rings. The molecule has 0 saturated heterocycles. The first-order valence-electron chi connectivity index (χ1n) is 3.33. The van der Waals surface area contributed by atoms with Crippen molar-refractivity contribution >= 4 is 0 Å². The summed E-state index contributed by atoms with van der Waals surface area (Å²) in [5.41, 5.74) is 5.32. The van der Waals surface area contributed by atoms with E-state index in [9.17, 15) is 8.78 Å². The van der Waals surface area contributed by atoms with Gasteiger partial charge in [-0.05, 0) is 6.42 Å². The molecule has 0 aromatic carbocycles. The minimum atomic E-state index is -2.70. The van der Waals surface area contributed by atoms with E-state index in [0.29, 0.717) is 0 Å². The van der Waals surface area contributed by atoms with Gasteiger partial charge in [0.2, 0.25) is 0 Å². The number of halogens is 2. The summed E-state index contributed by atoms with van der Waals surface area (Å²) in [7, 11) is 0. The lowest BCUT2D eigenvalue weighted by Crippen LogP contribution is -2.44.